The SMILES string of the molecule is CC(C)C1CCN(c2csc(C=O)c2)CC1. The van der Waals surface area contributed by atoms with Crippen LogP contribution in [0, 0.1) is 11.8 Å². The topological polar surface area (TPSA) is 20.3 Å². The van der Waals surface area contributed by atoms with E-state index in [-0.39, 0.29) is 0 Å². The standard InChI is InChI=1S/C13H19NOS/c1-10(2)11-3-5-14(6-4-11)12-7-13(8-15)16-9-12/h7-11H,3-6H2,1-2H3. The third kappa shape index (κ3) is 2.46. The molecule has 1 aromatic heterocycles. The van der Waals surface area contributed by atoms with E-state index in [2.05, 4.69) is 24.1 Å². The summed E-state index contributed by atoms with van der Waals surface area (Å²) < 4.78 is 0. The van der Waals surface area contributed by atoms with E-state index in [4.69, 9.17) is 0 Å². The van der Waals surface area contributed by atoms with Crippen LogP contribution in [-0.2, 0) is 0 Å². The average molecular weight is 237 g/mol. The Bertz CT molecular complexity index is 351. The van der Waals surface area contributed by atoms with E-state index < -0.39 is 0 Å². The van der Waals surface area contributed by atoms with Crippen molar-refractivity contribution < 1.29 is 4.79 Å². The molecule has 1 aliphatic rings. The molecule has 2 heterocycles. The number of carbonyl (C=O) groups is 1. The summed E-state index contributed by atoms with van der Waals surface area (Å²) in [5.41, 5.74) is 1.23. The number of nitrogens with zero attached hydrogens (tertiary/aromatic N) is 1. The molecule has 1 aliphatic heterocycles. The number of aldehydes is 1. The summed E-state index contributed by atoms with van der Waals surface area (Å²) in [4.78, 5) is 13.9. The van der Waals surface area contributed by atoms with Gasteiger partial charge in [0.25, 0.3) is 0 Å². The predicted octanol–water partition coefficient (Wildman–Crippen LogP) is 3.43. The van der Waals surface area contributed by atoms with Gasteiger partial charge < -0.3 is 4.90 Å². The maximum absolute atomic E-state index is 10.6. The van der Waals surface area contributed by atoms with Gasteiger partial charge in [-0.1, -0.05) is 13.8 Å². The van der Waals surface area contributed by atoms with Crippen LogP contribution in [0.5, 0.6) is 0 Å². The van der Waals surface area contributed by atoms with E-state index >= 15 is 0 Å². The number of rotatable bonds is 3. The highest BCUT2D eigenvalue weighted by molar-refractivity contribution is 7.12. The average Bonchev–Trinajstić information content (AvgIpc) is 2.77. The summed E-state index contributed by atoms with van der Waals surface area (Å²) in [5.74, 6) is 1.68. The van der Waals surface area contributed by atoms with Gasteiger partial charge in [-0.25, -0.2) is 0 Å². The third-order valence-electron chi connectivity index (χ3n) is 3.57. The van der Waals surface area contributed by atoms with Gasteiger partial charge in [0.2, 0.25) is 0 Å². The first kappa shape index (κ1) is 11.6. The molecule has 88 valence electrons. The molecular weight excluding hydrogens is 218 g/mol. The summed E-state index contributed by atoms with van der Waals surface area (Å²) in [5, 5.41) is 2.10. The highest BCUT2D eigenvalue weighted by Gasteiger charge is 2.22. The molecule has 0 unspecified atom stereocenters. The minimum absolute atomic E-state index is 0.801. The first-order valence-electron chi connectivity index (χ1n) is 5.99. The number of hydrogen-bond donors (Lipinski definition) is 0. The summed E-state index contributed by atoms with van der Waals surface area (Å²) in [6.07, 6.45) is 3.50. The Morgan fingerprint density at radius 1 is 1.44 bits per heavy atom. The lowest BCUT2D eigenvalue weighted by atomic mass is 9.86. The van der Waals surface area contributed by atoms with Gasteiger partial charge in [-0.05, 0) is 30.7 Å². The molecule has 0 spiro atoms. The molecule has 0 N–H and O–H groups in total. The van der Waals surface area contributed by atoms with Crippen molar-refractivity contribution in [3.8, 4) is 0 Å². The Morgan fingerprint density at radius 3 is 2.62 bits per heavy atom. The zero-order valence-corrected chi connectivity index (χ0v) is 10.8. The van der Waals surface area contributed by atoms with Gasteiger partial charge in [0.05, 0.1) is 4.88 Å². The van der Waals surface area contributed by atoms with E-state index in [1.54, 1.807) is 11.3 Å². The monoisotopic (exact) mass is 237 g/mol. The quantitative estimate of drug-likeness (QED) is 0.751. The van der Waals surface area contributed by atoms with E-state index in [0.717, 1.165) is 36.1 Å². The van der Waals surface area contributed by atoms with Gasteiger partial charge in [0.1, 0.15) is 0 Å². The van der Waals surface area contributed by atoms with Crippen LogP contribution in [-0.4, -0.2) is 19.4 Å². The maximum atomic E-state index is 10.6. The van der Waals surface area contributed by atoms with Crippen LogP contribution < -0.4 is 4.90 Å². The normalized spacial score (nSPS) is 18.1. The first-order valence-corrected chi connectivity index (χ1v) is 6.87. The van der Waals surface area contributed by atoms with Crippen LogP contribution in [0.2, 0.25) is 0 Å². The molecule has 0 atom stereocenters. The largest absolute Gasteiger partial charge is 0.371 e. The Hall–Kier alpha value is -0.830. The second-order valence-electron chi connectivity index (χ2n) is 4.89. The number of carbonyl (C=O) groups excluding carboxylic acids is 1. The van der Waals surface area contributed by atoms with E-state index in [0.29, 0.717) is 0 Å². The van der Waals surface area contributed by atoms with Crippen molar-refractivity contribution in [3.05, 3.63) is 16.3 Å². The van der Waals surface area contributed by atoms with Crippen molar-refractivity contribution in [3.63, 3.8) is 0 Å². The number of hydrogen-bond acceptors (Lipinski definition) is 3. The van der Waals surface area contributed by atoms with Crippen molar-refractivity contribution in [1.82, 2.24) is 0 Å². The van der Waals surface area contributed by atoms with Crippen LogP contribution in [0.15, 0.2) is 11.4 Å². The highest BCUT2D eigenvalue weighted by Crippen LogP contribution is 2.29. The molecule has 0 radical (unpaired) electrons. The van der Waals surface area contributed by atoms with Gasteiger partial charge in [-0.3, -0.25) is 4.79 Å². The minimum atomic E-state index is 0.801. The first-order chi connectivity index (χ1) is 7.70. The van der Waals surface area contributed by atoms with E-state index in [1.807, 2.05) is 6.07 Å². The number of anilines is 1. The van der Waals surface area contributed by atoms with Crippen LogP contribution in [0.1, 0.15) is 36.4 Å². The Labute approximate surface area is 101 Å². The van der Waals surface area contributed by atoms with Crippen LogP contribution in [0.4, 0.5) is 5.69 Å². The smallest absolute Gasteiger partial charge is 0.160 e. The molecule has 1 fully saturated rings. The van der Waals surface area contributed by atoms with Crippen molar-refractivity contribution in [2.24, 2.45) is 11.8 Å². The van der Waals surface area contributed by atoms with Gasteiger partial charge >= 0.3 is 0 Å². The van der Waals surface area contributed by atoms with Gasteiger partial charge in [-0.2, -0.15) is 0 Å². The van der Waals surface area contributed by atoms with Crippen molar-refractivity contribution >= 4 is 23.3 Å². The van der Waals surface area contributed by atoms with Gasteiger partial charge in [0, 0.05) is 24.2 Å². The molecule has 0 saturated carbocycles. The number of thiophene rings is 1. The van der Waals surface area contributed by atoms with Crippen LogP contribution in [0.3, 0.4) is 0 Å². The van der Waals surface area contributed by atoms with E-state index in [9.17, 15) is 4.79 Å². The predicted molar refractivity (Wildman–Crippen MR) is 69.5 cm³/mol. The molecule has 1 aromatic rings. The fourth-order valence-electron chi connectivity index (χ4n) is 2.39. The summed E-state index contributed by atoms with van der Waals surface area (Å²) in [6.45, 7) is 6.90. The molecule has 1 saturated heterocycles. The summed E-state index contributed by atoms with van der Waals surface area (Å²) in [7, 11) is 0. The summed E-state index contributed by atoms with van der Waals surface area (Å²) in [6, 6.07) is 2.01. The van der Waals surface area contributed by atoms with Gasteiger partial charge in [0.15, 0.2) is 6.29 Å². The second-order valence-corrected chi connectivity index (χ2v) is 5.84. The zero-order chi connectivity index (χ0) is 11.5. The maximum Gasteiger partial charge on any atom is 0.160 e. The van der Waals surface area contributed by atoms with E-state index in [1.165, 1.54) is 18.5 Å². The van der Waals surface area contributed by atoms with Crippen molar-refractivity contribution in [2.45, 2.75) is 26.7 Å². The van der Waals surface area contributed by atoms with Crippen molar-refractivity contribution in [1.29, 1.82) is 0 Å². The third-order valence-corrected chi connectivity index (χ3v) is 4.42. The Morgan fingerprint density at radius 2 is 2.12 bits per heavy atom. The van der Waals surface area contributed by atoms with Gasteiger partial charge in [-0.15, -0.1) is 11.3 Å². The summed E-state index contributed by atoms with van der Waals surface area (Å²) >= 11 is 1.54. The minimum Gasteiger partial charge on any atom is -0.371 e. The fraction of sp³-hybridized carbons (Fsp3) is 0.615. The molecule has 0 bridgehead atoms. The lowest BCUT2D eigenvalue weighted by molar-refractivity contribution is 0.112. The molecule has 16 heavy (non-hydrogen) atoms. The Balaban J connectivity index is 1.96. The van der Waals surface area contributed by atoms with Crippen molar-refractivity contribution in [2.75, 3.05) is 18.0 Å². The molecule has 0 amide bonds. The molecule has 2 nitrogen and oxygen atoms in total. The fourth-order valence-corrected chi connectivity index (χ4v) is 3.11. The molecular formula is C13H19NOS. The molecule has 0 aliphatic carbocycles. The second kappa shape index (κ2) is 5.00. The number of piperidine rings is 1. The molecule has 0 aromatic carbocycles. The lowest BCUT2D eigenvalue weighted by Crippen LogP contribution is -2.34. The molecule has 3 heteroatoms. The Kier molecular flexibility index (Phi) is 3.64. The highest BCUT2D eigenvalue weighted by atomic mass is 32.1. The zero-order valence-electron chi connectivity index (χ0n) is 9.98. The van der Waals surface area contributed by atoms with Crippen LogP contribution >= 0.6 is 11.3 Å². The van der Waals surface area contributed by atoms with Crippen LogP contribution in [0.25, 0.3) is 0 Å². The lowest BCUT2D eigenvalue weighted by Gasteiger charge is -2.34. The molecule has 2 rings (SSSR count).